The molecule has 3 rings (SSSR count). The first kappa shape index (κ1) is 12.5. The van der Waals surface area contributed by atoms with Gasteiger partial charge in [0.1, 0.15) is 6.07 Å². The Morgan fingerprint density at radius 2 is 1.85 bits per heavy atom. The highest BCUT2D eigenvalue weighted by Gasteiger charge is 2.05. The van der Waals surface area contributed by atoms with Crippen molar-refractivity contribution in [2.24, 2.45) is 0 Å². The molecule has 3 aromatic rings. The maximum Gasteiger partial charge on any atom is 0.101 e. The molecule has 0 aliphatic rings. The van der Waals surface area contributed by atoms with Crippen LogP contribution in [0, 0.1) is 11.3 Å². The second kappa shape index (κ2) is 5.20. The van der Waals surface area contributed by atoms with Gasteiger partial charge in [-0.05, 0) is 23.8 Å². The van der Waals surface area contributed by atoms with E-state index in [9.17, 15) is 0 Å². The molecule has 0 aliphatic carbocycles. The minimum absolute atomic E-state index is 0.432. The van der Waals surface area contributed by atoms with Crippen molar-refractivity contribution in [1.29, 1.82) is 5.26 Å². The normalized spacial score (nSPS) is 10.2. The van der Waals surface area contributed by atoms with Crippen molar-refractivity contribution in [3.8, 4) is 22.9 Å². The highest BCUT2D eigenvalue weighted by Crippen LogP contribution is 2.22. The van der Waals surface area contributed by atoms with E-state index >= 15 is 0 Å². The molecule has 96 valence electrons. The minimum Gasteiger partial charge on any atom is -0.240 e. The molecule has 1 aromatic heterocycles. The van der Waals surface area contributed by atoms with E-state index in [1.54, 1.807) is 23.0 Å². The standard InChI is InChI=1S/C16H10ClN3/c17-16-8-15(7-6-13(16)9-18)20-11-14(10-19-20)12-4-2-1-3-5-12/h1-8,10-11H. The van der Waals surface area contributed by atoms with Crippen LogP contribution in [0.25, 0.3) is 16.8 Å². The van der Waals surface area contributed by atoms with E-state index in [1.807, 2.05) is 48.7 Å². The van der Waals surface area contributed by atoms with Crippen molar-refractivity contribution in [3.05, 3.63) is 71.5 Å². The molecular formula is C16H10ClN3. The second-order valence-electron chi connectivity index (χ2n) is 4.32. The maximum absolute atomic E-state index is 8.88. The van der Waals surface area contributed by atoms with E-state index < -0.39 is 0 Å². The van der Waals surface area contributed by atoms with Gasteiger partial charge in [0.2, 0.25) is 0 Å². The summed E-state index contributed by atoms with van der Waals surface area (Å²) in [6, 6.07) is 17.3. The van der Waals surface area contributed by atoms with Gasteiger partial charge < -0.3 is 0 Å². The number of nitriles is 1. The summed E-state index contributed by atoms with van der Waals surface area (Å²) in [5.41, 5.74) is 3.44. The molecule has 0 radical (unpaired) electrons. The summed E-state index contributed by atoms with van der Waals surface area (Å²) in [6.07, 6.45) is 3.74. The summed E-state index contributed by atoms with van der Waals surface area (Å²) in [4.78, 5) is 0. The summed E-state index contributed by atoms with van der Waals surface area (Å²) >= 11 is 6.04. The van der Waals surface area contributed by atoms with Gasteiger partial charge in [-0.2, -0.15) is 10.4 Å². The highest BCUT2D eigenvalue weighted by atomic mass is 35.5. The quantitative estimate of drug-likeness (QED) is 0.710. The fourth-order valence-corrected chi connectivity index (χ4v) is 2.20. The second-order valence-corrected chi connectivity index (χ2v) is 4.72. The van der Waals surface area contributed by atoms with Gasteiger partial charge in [-0.15, -0.1) is 0 Å². The molecule has 0 saturated heterocycles. The van der Waals surface area contributed by atoms with Gasteiger partial charge in [0, 0.05) is 11.8 Å². The molecular weight excluding hydrogens is 270 g/mol. The number of halogens is 1. The number of hydrogen-bond donors (Lipinski definition) is 0. The van der Waals surface area contributed by atoms with Crippen LogP contribution in [0.15, 0.2) is 60.9 Å². The molecule has 0 spiro atoms. The average molecular weight is 280 g/mol. The highest BCUT2D eigenvalue weighted by molar-refractivity contribution is 6.31. The van der Waals surface area contributed by atoms with Crippen LogP contribution < -0.4 is 0 Å². The lowest BCUT2D eigenvalue weighted by atomic mass is 10.1. The van der Waals surface area contributed by atoms with Crippen LogP contribution in [0.3, 0.4) is 0 Å². The number of rotatable bonds is 2. The van der Waals surface area contributed by atoms with Gasteiger partial charge in [-0.3, -0.25) is 0 Å². The van der Waals surface area contributed by atoms with E-state index in [2.05, 4.69) is 5.10 Å². The Balaban J connectivity index is 1.99. The SMILES string of the molecule is N#Cc1ccc(-n2cc(-c3ccccc3)cn2)cc1Cl. The van der Waals surface area contributed by atoms with Crippen molar-refractivity contribution in [2.75, 3.05) is 0 Å². The number of nitrogens with zero attached hydrogens (tertiary/aromatic N) is 3. The van der Waals surface area contributed by atoms with Gasteiger partial charge in [0.15, 0.2) is 0 Å². The van der Waals surface area contributed by atoms with Gasteiger partial charge in [-0.25, -0.2) is 4.68 Å². The lowest BCUT2D eigenvalue weighted by molar-refractivity contribution is 0.880. The van der Waals surface area contributed by atoms with Crippen molar-refractivity contribution >= 4 is 11.6 Å². The summed E-state index contributed by atoms with van der Waals surface area (Å²) in [5, 5.41) is 13.6. The molecule has 0 saturated carbocycles. The van der Waals surface area contributed by atoms with Crippen LogP contribution in [0.2, 0.25) is 5.02 Å². The summed E-state index contributed by atoms with van der Waals surface area (Å²) in [5.74, 6) is 0. The third kappa shape index (κ3) is 2.29. The first-order valence-corrected chi connectivity index (χ1v) is 6.46. The first-order chi connectivity index (χ1) is 9.78. The van der Waals surface area contributed by atoms with Crippen LogP contribution in [0.1, 0.15) is 5.56 Å². The minimum atomic E-state index is 0.432. The first-order valence-electron chi connectivity index (χ1n) is 6.08. The van der Waals surface area contributed by atoms with Crippen LogP contribution >= 0.6 is 11.6 Å². The zero-order valence-electron chi connectivity index (χ0n) is 10.5. The van der Waals surface area contributed by atoms with Crippen molar-refractivity contribution in [2.45, 2.75) is 0 Å². The molecule has 4 heteroatoms. The van der Waals surface area contributed by atoms with Crippen LogP contribution in [0.5, 0.6) is 0 Å². The van der Waals surface area contributed by atoms with Crippen LogP contribution in [0.4, 0.5) is 0 Å². The molecule has 0 fully saturated rings. The predicted octanol–water partition coefficient (Wildman–Crippen LogP) is 4.06. The third-order valence-electron chi connectivity index (χ3n) is 3.03. The topological polar surface area (TPSA) is 41.6 Å². The Hall–Kier alpha value is -2.57. The molecule has 20 heavy (non-hydrogen) atoms. The van der Waals surface area contributed by atoms with Gasteiger partial charge in [-0.1, -0.05) is 41.9 Å². The number of hydrogen-bond acceptors (Lipinski definition) is 2. The molecule has 0 atom stereocenters. The van der Waals surface area contributed by atoms with Gasteiger partial charge >= 0.3 is 0 Å². The Morgan fingerprint density at radius 1 is 1.05 bits per heavy atom. The van der Waals surface area contributed by atoms with E-state index in [0.29, 0.717) is 10.6 Å². The van der Waals surface area contributed by atoms with E-state index in [0.717, 1.165) is 16.8 Å². The lowest BCUT2D eigenvalue weighted by Crippen LogP contribution is -1.94. The fourth-order valence-electron chi connectivity index (χ4n) is 1.98. The van der Waals surface area contributed by atoms with Gasteiger partial charge in [0.05, 0.1) is 22.5 Å². The van der Waals surface area contributed by atoms with Gasteiger partial charge in [0.25, 0.3) is 0 Å². The fraction of sp³-hybridized carbons (Fsp3) is 0. The van der Waals surface area contributed by atoms with E-state index in [1.165, 1.54) is 0 Å². The zero-order chi connectivity index (χ0) is 13.9. The molecule has 3 nitrogen and oxygen atoms in total. The molecule has 0 N–H and O–H groups in total. The van der Waals surface area contributed by atoms with Crippen LogP contribution in [-0.4, -0.2) is 9.78 Å². The Labute approximate surface area is 121 Å². The van der Waals surface area contributed by atoms with Crippen LogP contribution in [-0.2, 0) is 0 Å². The number of aromatic nitrogens is 2. The Kier molecular flexibility index (Phi) is 3.24. The molecule has 0 bridgehead atoms. The molecule has 1 heterocycles. The third-order valence-corrected chi connectivity index (χ3v) is 3.34. The van der Waals surface area contributed by atoms with E-state index in [-0.39, 0.29) is 0 Å². The van der Waals surface area contributed by atoms with Crippen molar-refractivity contribution < 1.29 is 0 Å². The summed E-state index contributed by atoms with van der Waals surface area (Å²) < 4.78 is 1.75. The maximum atomic E-state index is 8.88. The van der Waals surface area contributed by atoms with Crippen molar-refractivity contribution in [1.82, 2.24) is 9.78 Å². The summed E-state index contributed by atoms with van der Waals surface area (Å²) in [6.45, 7) is 0. The zero-order valence-corrected chi connectivity index (χ0v) is 11.2. The summed E-state index contributed by atoms with van der Waals surface area (Å²) in [7, 11) is 0. The average Bonchev–Trinajstić information content (AvgIpc) is 2.98. The smallest absolute Gasteiger partial charge is 0.101 e. The Bertz CT molecular complexity index is 785. The Morgan fingerprint density at radius 3 is 2.55 bits per heavy atom. The van der Waals surface area contributed by atoms with E-state index in [4.69, 9.17) is 16.9 Å². The molecule has 2 aromatic carbocycles. The molecule has 0 unspecified atom stereocenters. The van der Waals surface area contributed by atoms with Crippen molar-refractivity contribution in [3.63, 3.8) is 0 Å². The molecule has 0 amide bonds. The largest absolute Gasteiger partial charge is 0.240 e. The number of benzene rings is 2. The lowest BCUT2D eigenvalue weighted by Gasteiger charge is -2.02. The predicted molar refractivity (Wildman–Crippen MR) is 78.7 cm³/mol. The monoisotopic (exact) mass is 279 g/mol. The molecule has 0 aliphatic heterocycles.